The fourth-order valence-corrected chi connectivity index (χ4v) is 6.51. The molecule has 0 fully saturated rings. The fraction of sp³-hybridized carbons (Fsp3) is 0.267. The molecule has 1 heterocycles. The maximum Gasteiger partial charge on any atom is 0.335 e. The molecule has 0 spiro atoms. The van der Waals surface area contributed by atoms with Crippen LogP contribution in [0.25, 0.3) is 0 Å². The van der Waals surface area contributed by atoms with Gasteiger partial charge in [0, 0.05) is 12.0 Å². The highest BCUT2D eigenvalue weighted by Crippen LogP contribution is 2.42. The lowest BCUT2D eigenvalue weighted by molar-refractivity contribution is -0.138. The second kappa shape index (κ2) is 10.8. The van der Waals surface area contributed by atoms with Crippen LogP contribution >= 0.6 is 0 Å². The molecule has 3 aromatic carbocycles. The quantitative estimate of drug-likeness (QED) is 0.292. The molecular formula is C30H31NO5S. The van der Waals surface area contributed by atoms with Gasteiger partial charge in [-0.3, -0.25) is 4.79 Å². The lowest BCUT2D eigenvalue weighted by atomic mass is 9.98. The molecular weight excluding hydrogens is 486 g/mol. The number of carbonyl (C=O) groups is 2. The molecule has 2 atom stereocenters. The number of hydrogen-bond donors (Lipinski definition) is 0. The molecule has 0 aromatic heterocycles. The minimum Gasteiger partial charge on any atom is -0.463 e. The number of nitrogens with zero attached hydrogens (tertiary/aromatic N) is 1. The Bertz CT molecular complexity index is 1440. The third-order valence-electron chi connectivity index (χ3n) is 6.55. The summed E-state index contributed by atoms with van der Waals surface area (Å²) in [6, 6.07) is 19.3. The summed E-state index contributed by atoms with van der Waals surface area (Å²) in [6.07, 6.45) is 1.48. The van der Waals surface area contributed by atoms with Crippen molar-refractivity contribution in [2.75, 3.05) is 6.61 Å². The minimum absolute atomic E-state index is 0.0986. The third-order valence-corrected chi connectivity index (χ3v) is 8.45. The number of hydrogen-bond acceptors (Lipinski definition) is 5. The first-order valence-corrected chi connectivity index (χ1v) is 13.7. The van der Waals surface area contributed by atoms with Crippen LogP contribution in [-0.4, -0.2) is 37.1 Å². The Labute approximate surface area is 218 Å². The average Bonchev–Trinajstić information content (AvgIpc) is 3.25. The Balaban J connectivity index is 1.85. The molecule has 0 saturated heterocycles. The Morgan fingerprint density at radius 2 is 1.54 bits per heavy atom. The molecule has 3 aromatic rings. The molecule has 0 bridgehead atoms. The van der Waals surface area contributed by atoms with Gasteiger partial charge in [0.2, 0.25) is 10.0 Å². The van der Waals surface area contributed by atoms with Crippen molar-refractivity contribution >= 4 is 21.8 Å². The van der Waals surface area contributed by atoms with Gasteiger partial charge in [-0.25, -0.2) is 13.2 Å². The molecule has 192 valence electrons. The molecule has 1 aliphatic heterocycles. The van der Waals surface area contributed by atoms with E-state index in [0.717, 1.165) is 16.7 Å². The highest BCUT2D eigenvalue weighted by atomic mass is 32.2. The lowest BCUT2D eigenvalue weighted by Crippen LogP contribution is -2.40. The Morgan fingerprint density at radius 3 is 2.16 bits per heavy atom. The van der Waals surface area contributed by atoms with E-state index in [4.69, 9.17) is 4.74 Å². The van der Waals surface area contributed by atoms with Crippen molar-refractivity contribution in [2.24, 2.45) is 0 Å². The van der Waals surface area contributed by atoms with Gasteiger partial charge in [0.05, 0.1) is 29.2 Å². The normalized spacial score (nSPS) is 17.9. The number of esters is 1. The number of carbonyl (C=O) groups excluding carboxylic acids is 2. The maximum atomic E-state index is 14.1. The van der Waals surface area contributed by atoms with E-state index in [9.17, 15) is 18.0 Å². The highest BCUT2D eigenvalue weighted by molar-refractivity contribution is 7.89. The van der Waals surface area contributed by atoms with Gasteiger partial charge in [0.25, 0.3) is 0 Å². The molecule has 6 nitrogen and oxygen atoms in total. The predicted octanol–water partition coefficient (Wildman–Crippen LogP) is 5.49. The van der Waals surface area contributed by atoms with Gasteiger partial charge < -0.3 is 4.74 Å². The van der Waals surface area contributed by atoms with Crippen molar-refractivity contribution < 1.29 is 22.7 Å². The van der Waals surface area contributed by atoms with E-state index in [1.54, 1.807) is 67.6 Å². The van der Waals surface area contributed by atoms with Crippen LogP contribution in [0.15, 0.2) is 89.3 Å². The van der Waals surface area contributed by atoms with Crippen molar-refractivity contribution in [1.29, 1.82) is 0 Å². The van der Waals surface area contributed by atoms with Crippen molar-refractivity contribution in [2.45, 2.75) is 51.1 Å². The third kappa shape index (κ3) is 5.43. The first-order valence-electron chi connectivity index (χ1n) is 12.3. The summed E-state index contributed by atoms with van der Waals surface area (Å²) in [5.74, 6) is -0.790. The molecule has 0 saturated carbocycles. The molecule has 0 N–H and O–H groups in total. The van der Waals surface area contributed by atoms with E-state index in [2.05, 4.69) is 0 Å². The van der Waals surface area contributed by atoms with Crippen LogP contribution in [0, 0.1) is 20.8 Å². The first-order chi connectivity index (χ1) is 17.6. The summed E-state index contributed by atoms with van der Waals surface area (Å²) < 4.78 is 34.9. The molecule has 37 heavy (non-hydrogen) atoms. The van der Waals surface area contributed by atoms with Gasteiger partial charge in [0.15, 0.2) is 5.78 Å². The van der Waals surface area contributed by atoms with Crippen molar-refractivity contribution in [3.8, 4) is 0 Å². The van der Waals surface area contributed by atoms with Crippen LogP contribution in [0.4, 0.5) is 0 Å². The van der Waals surface area contributed by atoms with Gasteiger partial charge in [-0.1, -0.05) is 77.9 Å². The highest BCUT2D eigenvalue weighted by Gasteiger charge is 2.47. The number of sulfonamides is 1. The van der Waals surface area contributed by atoms with Crippen LogP contribution in [0.3, 0.4) is 0 Å². The van der Waals surface area contributed by atoms with E-state index in [0.29, 0.717) is 11.1 Å². The standard InChI is InChI=1S/C30H31NO5S/c1-5-36-30(33)27-18-24(19-28(32)26-16-13-21(3)17-22(26)4)31(29(27)23-9-7-6-8-10-23)37(34,35)25-14-11-20(2)12-15-25/h6-18,24,29H,5,19H2,1-4H3/t24-,29-/m0/s1. The van der Waals surface area contributed by atoms with E-state index in [-0.39, 0.29) is 29.3 Å². The Kier molecular flexibility index (Phi) is 7.76. The fourth-order valence-electron chi connectivity index (χ4n) is 4.78. The number of rotatable bonds is 8. The summed E-state index contributed by atoms with van der Waals surface area (Å²) in [5.41, 5.74) is 4.15. The smallest absolute Gasteiger partial charge is 0.335 e. The summed E-state index contributed by atoms with van der Waals surface area (Å²) >= 11 is 0. The topological polar surface area (TPSA) is 80.8 Å². The molecule has 0 radical (unpaired) electrons. The zero-order valence-electron chi connectivity index (χ0n) is 21.5. The van der Waals surface area contributed by atoms with Gasteiger partial charge in [-0.05, 0) is 51.0 Å². The van der Waals surface area contributed by atoms with Crippen LogP contribution in [0.5, 0.6) is 0 Å². The number of benzene rings is 3. The van der Waals surface area contributed by atoms with Gasteiger partial charge in [0.1, 0.15) is 0 Å². The van der Waals surface area contributed by atoms with E-state index in [1.165, 1.54) is 4.31 Å². The van der Waals surface area contributed by atoms with Crippen molar-refractivity contribution in [3.05, 3.63) is 112 Å². The Hall–Kier alpha value is -3.55. The summed E-state index contributed by atoms with van der Waals surface area (Å²) in [5, 5.41) is 0. The first kappa shape index (κ1) is 26.5. The van der Waals surface area contributed by atoms with Gasteiger partial charge in [-0.2, -0.15) is 4.31 Å². The Morgan fingerprint density at radius 1 is 0.892 bits per heavy atom. The van der Waals surface area contributed by atoms with E-state index < -0.39 is 28.1 Å². The average molecular weight is 518 g/mol. The van der Waals surface area contributed by atoms with Crippen molar-refractivity contribution in [1.82, 2.24) is 4.31 Å². The summed E-state index contributed by atoms with van der Waals surface area (Å²) in [4.78, 5) is 26.6. The van der Waals surface area contributed by atoms with Gasteiger partial charge in [-0.15, -0.1) is 0 Å². The van der Waals surface area contributed by atoms with Gasteiger partial charge >= 0.3 is 5.97 Å². The SMILES string of the molecule is CCOC(=O)C1=C[C@@H](CC(=O)c2ccc(C)cc2C)N(S(=O)(=O)c2ccc(C)cc2)[C@H]1c1ccccc1. The minimum atomic E-state index is -4.11. The number of aryl methyl sites for hydroxylation is 3. The molecule has 4 rings (SSSR count). The molecule has 0 unspecified atom stereocenters. The van der Waals surface area contributed by atoms with Crippen LogP contribution in [-0.2, 0) is 19.6 Å². The van der Waals surface area contributed by atoms with Crippen LogP contribution in [0.1, 0.15) is 52.0 Å². The number of Topliss-reactive ketones (excluding diaryl/α,β-unsaturated/α-hetero) is 1. The zero-order chi connectivity index (χ0) is 26.7. The summed E-state index contributed by atoms with van der Waals surface area (Å²) in [6.45, 7) is 7.54. The molecule has 7 heteroatoms. The van der Waals surface area contributed by atoms with E-state index in [1.807, 2.05) is 39.0 Å². The van der Waals surface area contributed by atoms with Crippen molar-refractivity contribution in [3.63, 3.8) is 0 Å². The monoisotopic (exact) mass is 517 g/mol. The summed E-state index contributed by atoms with van der Waals surface area (Å²) in [7, 11) is -4.11. The second-order valence-electron chi connectivity index (χ2n) is 9.32. The number of ether oxygens (including phenoxy) is 1. The van der Waals surface area contributed by atoms with Crippen LogP contribution in [0.2, 0.25) is 0 Å². The second-order valence-corrected chi connectivity index (χ2v) is 11.2. The van der Waals surface area contributed by atoms with Crippen LogP contribution < -0.4 is 0 Å². The van der Waals surface area contributed by atoms with E-state index >= 15 is 0 Å². The number of ketones is 1. The zero-order valence-corrected chi connectivity index (χ0v) is 22.3. The molecule has 0 aliphatic carbocycles. The molecule has 0 amide bonds. The molecule has 1 aliphatic rings. The largest absolute Gasteiger partial charge is 0.463 e. The predicted molar refractivity (Wildman–Crippen MR) is 143 cm³/mol. The lowest BCUT2D eigenvalue weighted by Gasteiger charge is -2.31. The maximum absolute atomic E-state index is 14.1.